The number of rotatable bonds is 4. The third kappa shape index (κ3) is 4.45. The number of anilines is 1. The van der Waals surface area contributed by atoms with Gasteiger partial charge < -0.3 is 15.0 Å². The van der Waals surface area contributed by atoms with Crippen molar-refractivity contribution in [3.8, 4) is 0 Å². The zero-order valence-corrected chi connectivity index (χ0v) is 15.5. The van der Waals surface area contributed by atoms with Crippen molar-refractivity contribution in [3.05, 3.63) is 65.0 Å². The number of nitrogens with zero attached hydrogens (tertiary/aromatic N) is 1. The molecule has 1 saturated heterocycles. The van der Waals surface area contributed by atoms with Crippen LogP contribution in [0.4, 0.5) is 10.1 Å². The minimum Gasteiger partial charge on any atom is -0.465 e. The fourth-order valence-corrected chi connectivity index (χ4v) is 3.35. The fraction of sp³-hybridized carbons (Fsp3) is 0.333. The van der Waals surface area contributed by atoms with Crippen LogP contribution in [0.2, 0.25) is 0 Å². The third-order valence-corrected chi connectivity index (χ3v) is 4.74. The third-order valence-electron chi connectivity index (χ3n) is 4.74. The quantitative estimate of drug-likeness (QED) is 0.839. The van der Waals surface area contributed by atoms with E-state index in [1.807, 2.05) is 17.9 Å². The Morgan fingerprint density at radius 1 is 1.19 bits per heavy atom. The number of esters is 1. The number of amides is 1. The molecule has 0 radical (unpaired) electrons. The first-order valence-corrected chi connectivity index (χ1v) is 8.98. The monoisotopic (exact) mass is 370 g/mol. The summed E-state index contributed by atoms with van der Waals surface area (Å²) in [6, 6.07) is 11.4. The Labute approximate surface area is 158 Å². The van der Waals surface area contributed by atoms with E-state index in [2.05, 4.69) is 5.32 Å². The minimum absolute atomic E-state index is 0.0899. The number of benzene rings is 2. The van der Waals surface area contributed by atoms with Crippen LogP contribution in [0, 0.1) is 12.7 Å². The molecule has 5 nitrogen and oxygen atoms in total. The lowest BCUT2D eigenvalue weighted by Crippen LogP contribution is -2.48. The van der Waals surface area contributed by atoms with E-state index in [-0.39, 0.29) is 17.8 Å². The maximum atomic E-state index is 14.2. The highest BCUT2D eigenvalue weighted by Gasteiger charge is 2.24. The SMILES string of the molecule is COC(=O)c1cccc(C(=O)NC2CCCN(c3cc(C)ccc3F)C2)c1. The predicted octanol–water partition coefficient (Wildman–Crippen LogP) is 3.32. The number of methoxy groups -OCH3 is 1. The molecule has 1 N–H and O–H groups in total. The fourth-order valence-electron chi connectivity index (χ4n) is 3.35. The Hall–Kier alpha value is -2.89. The molecule has 27 heavy (non-hydrogen) atoms. The van der Waals surface area contributed by atoms with E-state index < -0.39 is 5.97 Å². The molecule has 1 aliphatic heterocycles. The molecule has 3 rings (SSSR count). The highest BCUT2D eigenvalue weighted by Crippen LogP contribution is 2.24. The van der Waals surface area contributed by atoms with Crippen molar-refractivity contribution < 1.29 is 18.7 Å². The summed E-state index contributed by atoms with van der Waals surface area (Å²) in [6.45, 7) is 3.23. The number of aryl methyl sites for hydroxylation is 1. The smallest absolute Gasteiger partial charge is 0.337 e. The molecule has 2 aromatic carbocycles. The van der Waals surface area contributed by atoms with E-state index in [1.165, 1.54) is 19.2 Å². The lowest BCUT2D eigenvalue weighted by Gasteiger charge is -2.35. The zero-order chi connectivity index (χ0) is 19.4. The molecule has 2 aromatic rings. The van der Waals surface area contributed by atoms with Crippen LogP contribution < -0.4 is 10.2 Å². The van der Waals surface area contributed by atoms with Gasteiger partial charge in [0.2, 0.25) is 0 Å². The summed E-state index contributed by atoms with van der Waals surface area (Å²) < 4.78 is 18.9. The Morgan fingerprint density at radius 3 is 2.74 bits per heavy atom. The van der Waals surface area contributed by atoms with Crippen LogP contribution in [0.1, 0.15) is 39.1 Å². The summed E-state index contributed by atoms with van der Waals surface area (Å²) in [5, 5.41) is 3.00. The van der Waals surface area contributed by atoms with Crippen molar-refractivity contribution in [3.63, 3.8) is 0 Å². The number of carbonyl (C=O) groups excluding carboxylic acids is 2. The molecule has 1 fully saturated rings. The average Bonchev–Trinajstić information content (AvgIpc) is 2.69. The van der Waals surface area contributed by atoms with E-state index >= 15 is 0 Å². The second-order valence-electron chi connectivity index (χ2n) is 6.79. The van der Waals surface area contributed by atoms with E-state index in [0.717, 1.165) is 24.9 Å². The Bertz CT molecular complexity index is 853. The number of hydrogen-bond acceptors (Lipinski definition) is 4. The zero-order valence-electron chi connectivity index (χ0n) is 15.5. The Morgan fingerprint density at radius 2 is 1.96 bits per heavy atom. The average molecular weight is 370 g/mol. The van der Waals surface area contributed by atoms with Gasteiger partial charge in [-0.05, 0) is 55.7 Å². The summed E-state index contributed by atoms with van der Waals surface area (Å²) in [5.41, 5.74) is 2.30. The van der Waals surface area contributed by atoms with Crippen molar-refractivity contribution in [2.24, 2.45) is 0 Å². The van der Waals surface area contributed by atoms with Crippen LogP contribution in [-0.4, -0.2) is 38.1 Å². The van der Waals surface area contributed by atoms with E-state index in [0.29, 0.717) is 23.4 Å². The molecule has 1 atom stereocenters. The summed E-state index contributed by atoms with van der Waals surface area (Å²) in [7, 11) is 1.30. The molecule has 1 amide bonds. The van der Waals surface area contributed by atoms with Crippen molar-refractivity contribution in [1.82, 2.24) is 5.32 Å². The topological polar surface area (TPSA) is 58.6 Å². The van der Waals surface area contributed by atoms with Crippen molar-refractivity contribution >= 4 is 17.6 Å². The standard InChI is InChI=1S/C21H23FN2O3/c1-14-8-9-18(22)19(11-14)24-10-4-7-17(13-24)23-20(25)15-5-3-6-16(12-15)21(26)27-2/h3,5-6,8-9,11-12,17H,4,7,10,13H2,1-2H3,(H,23,25). The molecular formula is C21H23FN2O3. The number of piperidine rings is 1. The highest BCUT2D eigenvalue weighted by molar-refractivity contribution is 5.98. The van der Waals surface area contributed by atoms with Gasteiger partial charge in [0.1, 0.15) is 5.82 Å². The summed E-state index contributed by atoms with van der Waals surface area (Å²) in [5.74, 6) is -0.987. The molecule has 6 heteroatoms. The first-order chi connectivity index (χ1) is 13.0. The van der Waals surface area contributed by atoms with Crippen LogP contribution >= 0.6 is 0 Å². The number of nitrogens with one attached hydrogen (secondary N) is 1. The number of halogens is 1. The molecular weight excluding hydrogens is 347 g/mol. The Kier molecular flexibility index (Phi) is 5.74. The van der Waals surface area contributed by atoms with Gasteiger partial charge in [0.25, 0.3) is 5.91 Å². The summed E-state index contributed by atoms with van der Waals surface area (Å²) in [4.78, 5) is 26.2. The van der Waals surface area contributed by atoms with Crippen LogP contribution in [0.15, 0.2) is 42.5 Å². The van der Waals surface area contributed by atoms with Crippen molar-refractivity contribution in [2.75, 3.05) is 25.1 Å². The van der Waals surface area contributed by atoms with Crippen LogP contribution in [0.5, 0.6) is 0 Å². The van der Waals surface area contributed by atoms with Gasteiger partial charge in [-0.25, -0.2) is 9.18 Å². The van der Waals surface area contributed by atoms with Gasteiger partial charge in [0.05, 0.1) is 18.4 Å². The Balaban J connectivity index is 1.69. The minimum atomic E-state index is -0.483. The van der Waals surface area contributed by atoms with Gasteiger partial charge in [-0.2, -0.15) is 0 Å². The van der Waals surface area contributed by atoms with Crippen LogP contribution in [0.25, 0.3) is 0 Å². The van der Waals surface area contributed by atoms with Gasteiger partial charge in [-0.1, -0.05) is 12.1 Å². The molecule has 142 valence electrons. The lowest BCUT2D eigenvalue weighted by molar-refractivity contribution is 0.0600. The highest BCUT2D eigenvalue weighted by atomic mass is 19.1. The largest absolute Gasteiger partial charge is 0.465 e. The van der Waals surface area contributed by atoms with Crippen LogP contribution in [-0.2, 0) is 4.74 Å². The number of hydrogen-bond donors (Lipinski definition) is 1. The van der Waals surface area contributed by atoms with E-state index in [4.69, 9.17) is 4.74 Å². The van der Waals surface area contributed by atoms with Gasteiger partial charge in [-0.3, -0.25) is 4.79 Å². The number of carbonyl (C=O) groups is 2. The molecule has 0 spiro atoms. The normalized spacial score (nSPS) is 16.7. The van der Waals surface area contributed by atoms with E-state index in [9.17, 15) is 14.0 Å². The molecule has 0 bridgehead atoms. The first kappa shape index (κ1) is 18.9. The van der Waals surface area contributed by atoms with Gasteiger partial charge in [0, 0.05) is 24.7 Å². The summed E-state index contributed by atoms with van der Waals surface area (Å²) >= 11 is 0. The molecule has 1 heterocycles. The maximum absolute atomic E-state index is 14.2. The number of ether oxygens (including phenoxy) is 1. The second-order valence-corrected chi connectivity index (χ2v) is 6.79. The molecule has 0 aliphatic carbocycles. The molecule has 0 saturated carbocycles. The van der Waals surface area contributed by atoms with Crippen molar-refractivity contribution in [2.45, 2.75) is 25.8 Å². The van der Waals surface area contributed by atoms with Gasteiger partial charge >= 0.3 is 5.97 Å². The molecule has 1 unspecified atom stereocenters. The lowest BCUT2D eigenvalue weighted by atomic mass is 10.0. The van der Waals surface area contributed by atoms with Crippen LogP contribution in [0.3, 0.4) is 0 Å². The molecule has 1 aliphatic rings. The maximum Gasteiger partial charge on any atom is 0.337 e. The molecule has 0 aromatic heterocycles. The van der Waals surface area contributed by atoms with Crippen molar-refractivity contribution in [1.29, 1.82) is 0 Å². The predicted molar refractivity (Wildman–Crippen MR) is 102 cm³/mol. The van der Waals surface area contributed by atoms with Gasteiger partial charge in [0.15, 0.2) is 0 Å². The van der Waals surface area contributed by atoms with Gasteiger partial charge in [-0.15, -0.1) is 0 Å². The second kappa shape index (κ2) is 8.20. The van der Waals surface area contributed by atoms with E-state index in [1.54, 1.807) is 24.3 Å². The summed E-state index contributed by atoms with van der Waals surface area (Å²) in [6.07, 6.45) is 1.69. The first-order valence-electron chi connectivity index (χ1n) is 8.98.